The minimum atomic E-state index is -0.376. The molecule has 1 N–H and O–H groups in total. The smallest absolute Gasteiger partial charge is 0.339 e. The summed E-state index contributed by atoms with van der Waals surface area (Å²) in [6.07, 6.45) is 18.4. The highest BCUT2D eigenvalue weighted by Gasteiger charge is 2.04. The van der Waals surface area contributed by atoms with E-state index in [4.69, 9.17) is 0 Å². The van der Waals surface area contributed by atoms with Crippen LogP contribution in [0.25, 0.3) is 0 Å². The van der Waals surface area contributed by atoms with Crippen LogP contribution in [-0.2, 0) is 9.53 Å². The van der Waals surface area contributed by atoms with Gasteiger partial charge in [0.15, 0.2) is 0 Å². The topological polar surface area (TPSA) is 38.3 Å². The molecule has 0 unspecified atom stereocenters. The Morgan fingerprint density at radius 2 is 1.67 bits per heavy atom. The number of carbonyl (C=O) groups excluding carboxylic acids is 1. The average Bonchev–Trinajstić information content (AvgIpc) is 2.40. The number of ether oxygens (including phenoxy) is 1. The standard InChI is InChI=1S/C14H15NO2S/c1-17-14(16)13-10-8-6-4-2-3-5-7-9-11-18-15-12-13/h2-12,15H,1H3/b3-2+,6-4+,7-5-,10-8+,11-9+,13-12+. The van der Waals surface area contributed by atoms with E-state index in [-0.39, 0.29) is 5.97 Å². The molecule has 1 rings (SSSR count). The summed E-state index contributed by atoms with van der Waals surface area (Å²) in [6.45, 7) is 0. The molecule has 1 aliphatic heterocycles. The number of hydrogen-bond donors (Lipinski definition) is 1. The zero-order valence-corrected chi connectivity index (χ0v) is 10.9. The van der Waals surface area contributed by atoms with Crippen molar-refractivity contribution in [1.29, 1.82) is 0 Å². The molecule has 4 heteroatoms. The predicted octanol–water partition coefficient (Wildman–Crippen LogP) is 3.03. The average molecular weight is 261 g/mol. The maximum absolute atomic E-state index is 11.4. The molecule has 0 saturated carbocycles. The van der Waals surface area contributed by atoms with Crippen LogP contribution in [0, 0.1) is 0 Å². The van der Waals surface area contributed by atoms with Gasteiger partial charge in [-0.2, -0.15) is 0 Å². The maximum Gasteiger partial charge on any atom is 0.339 e. The summed E-state index contributed by atoms with van der Waals surface area (Å²) in [7, 11) is 1.36. The highest BCUT2D eigenvalue weighted by Crippen LogP contribution is 2.03. The molecule has 94 valence electrons. The van der Waals surface area contributed by atoms with Gasteiger partial charge in [-0.1, -0.05) is 48.6 Å². The van der Waals surface area contributed by atoms with Crippen LogP contribution < -0.4 is 4.72 Å². The first-order chi connectivity index (χ1) is 8.84. The van der Waals surface area contributed by atoms with Crippen LogP contribution in [0.1, 0.15) is 0 Å². The monoisotopic (exact) mass is 261 g/mol. The summed E-state index contributed by atoms with van der Waals surface area (Å²) in [5.41, 5.74) is 0.458. The fourth-order valence-electron chi connectivity index (χ4n) is 1.06. The predicted molar refractivity (Wildman–Crippen MR) is 76.5 cm³/mol. The quantitative estimate of drug-likeness (QED) is 0.581. The van der Waals surface area contributed by atoms with Crippen molar-refractivity contribution in [2.24, 2.45) is 0 Å². The Morgan fingerprint density at radius 1 is 1.06 bits per heavy atom. The fourth-order valence-corrected chi connectivity index (χ4v) is 1.50. The molecule has 0 saturated heterocycles. The van der Waals surface area contributed by atoms with Gasteiger partial charge in [0.05, 0.1) is 12.7 Å². The van der Waals surface area contributed by atoms with Crippen molar-refractivity contribution in [3.8, 4) is 0 Å². The molecular weight excluding hydrogens is 246 g/mol. The molecule has 0 atom stereocenters. The van der Waals surface area contributed by atoms with E-state index in [1.807, 2.05) is 47.9 Å². The largest absolute Gasteiger partial charge is 0.465 e. The zero-order chi connectivity index (χ0) is 13.1. The summed E-state index contributed by atoms with van der Waals surface area (Å²) in [6, 6.07) is 0. The highest BCUT2D eigenvalue weighted by molar-refractivity contribution is 8.00. The van der Waals surface area contributed by atoms with E-state index in [0.717, 1.165) is 0 Å². The van der Waals surface area contributed by atoms with Crippen molar-refractivity contribution in [3.05, 3.63) is 71.9 Å². The van der Waals surface area contributed by atoms with Crippen molar-refractivity contribution in [1.82, 2.24) is 4.72 Å². The first-order valence-corrected chi connectivity index (χ1v) is 6.25. The van der Waals surface area contributed by atoms with E-state index in [1.54, 1.807) is 18.4 Å². The fraction of sp³-hybridized carbons (Fsp3) is 0.0714. The summed E-state index contributed by atoms with van der Waals surface area (Å²) < 4.78 is 7.63. The Morgan fingerprint density at radius 3 is 2.33 bits per heavy atom. The molecule has 3 nitrogen and oxygen atoms in total. The van der Waals surface area contributed by atoms with Crippen molar-refractivity contribution >= 4 is 17.9 Å². The van der Waals surface area contributed by atoms with Crippen molar-refractivity contribution in [3.63, 3.8) is 0 Å². The maximum atomic E-state index is 11.4. The van der Waals surface area contributed by atoms with E-state index in [1.165, 1.54) is 19.1 Å². The van der Waals surface area contributed by atoms with Crippen LogP contribution in [0.15, 0.2) is 71.9 Å². The highest BCUT2D eigenvalue weighted by atomic mass is 32.2. The second-order valence-corrected chi connectivity index (χ2v) is 3.91. The Hall–Kier alpha value is -1.94. The minimum Gasteiger partial charge on any atom is -0.465 e. The Balaban J connectivity index is 2.82. The number of carbonyl (C=O) groups is 1. The Kier molecular flexibility index (Phi) is 7.16. The Labute approximate surface area is 111 Å². The number of methoxy groups -OCH3 is 1. The number of esters is 1. The van der Waals surface area contributed by atoms with Crippen LogP contribution in [0.2, 0.25) is 0 Å². The molecule has 0 aromatic carbocycles. The first kappa shape index (κ1) is 14.1. The third-order valence-electron chi connectivity index (χ3n) is 1.90. The van der Waals surface area contributed by atoms with Gasteiger partial charge in [-0.3, -0.25) is 0 Å². The molecule has 1 heterocycles. The number of nitrogens with one attached hydrogen (secondary N) is 1. The van der Waals surface area contributed by atoms with Crippen molar-refractivity contribution < 1.29 is 9.53 Å². The van der Waals surface area contributed by atoms with Crippen molar-refractivity contribution in [2.75, 3.05) is 7.11 Å². The van der Waals surface area contributed by atoms with Gasteiger partial charge >= 0.3 is 5.97 Å². The van der Waals surface area contributed by atoms with Crippen LogP contribution in [0.3, 0.4) is 0 Å². The summed E-state index contributed by atoms with van der Waals surface area (Å²) >= 11 is 1.37. The summed E-state index contributed by atoms with van der Waals surface area (Å²) in [5, 5.41) is 1.88. The van der Waals surface area contributed by atoms with Crippen LogP contribution in [-0.4, -0.2) is 13.1 Å². The van der Waals surface area contributed by atoms with Crippen LogP contribution in [0.5, 0.6) is 0 Å². The van der Waals surface area contributed by atoms with Crippen molar-refractivity contribution in [2.45, 2.75) is 0 Å². The summed E-state index contributed by atoms with van der Waals surface area (Å²) in [4.78, 5) is 11.4. The molecule has 18 heavy (non-hydrogen) atoms. The molecule has 0 aliphatic carbocycles. The molecule has 0 amide bonds. The first-order valence-electron chi connectivity index (χ1n) is 5.37. The normalized spacial score (nSPS) is 27.5. The van der Waals surface area contributed by atoms with E-state index < -0.39 is 0 Å². The number of hydrogen-bond acceptors (Lipinski definition) is 4. The van der Waals surface area contributed by atoms with Gasteiger partial charge in [-0.25, -0.2) is 4.79 Å². The number of rotatable bonds is 1. The van der Waals surface area contributed by atoms with Gasteiger partial charge in [0.25, 0.3) is 0 Å². The molecular formula is C14H15NO2S. The second kappa shape index (κ2) is 9.13. The minimum absolute atomic E-state index is 0.376. The molecule has 1 aliphatic rings. The number of allylic oxidation sites excluding steroid dienone is 8. The SMILES string of the molecule is COC(=O)C1=C/NS/C=C/C=C\C=C\C=C\C=C\1. The van der Waals surface area contributed by atoms with E-state index in [9.17, 15) is 4.79 Å². The zero-order valence-electron chi connectivity index (χ0n) is 10.1. The third kappa shape index (κ3) is 5.96. The van der Waals surface area contributed by atoms with E-state index in [2.05, 4.69) is 9.46 Å². The molecule has 0 aromatic heterocycles. The third-order valence-corrected chi connectivity index (χ3v) is 2.45. The molecule has 0 bridgehead atoms. The van der Waals surface area contributed by atoms with Gasteiger partial charge in [0.1, 0.15) is 0 Å². The van der Waals surface area contributed by atoms with Gasteiger partial charge < -0.3 is 9.46 Å². The van der Waals surface area contributed by atoms with Gasteiger partial charge in [-0.05, 0) is 23.4 Å². The van der Waals surface area contributed by atoms with E-state index in [0.29, 0.717) is 5.57 Å². The Bertz CT molecular complexity index is 443. The lowest BCUT2D eigenvalue weighted by atomic mass is 10.2. The lowest BCUT2D eigenvalue weighted by Crippen LogP contribution is -2.05. The molecule has 0 radical (unpaired) electrons. The van der Waals surface area contributed by atoms with Gasteiger partial charge in [-0.15, -0.1) is 0 Å². The van der Waals surface area contributed by atoms with Gasteiger partial charge in [0.2, 0.25) is 0 Å². The molecule has 0 fully saturated rings. The van der Waals surface area contributed by atoms with Crippen LogP contribution in [0.4, 0.5) is 0 Å². The lowest BCUT2D eigenvalue weighted by Gasteiger charge is -2.00. The molecule has 0 aromatic rings. The van der Waals surface area contributed by atoms with Gasteiger partial charge in [0, 0.05) is 6.20 Å². The molecule has 0 spiro atoms. The van der Waals surface area contributed by atoms with E-state index >= 15 is 0 Å². The second-order valence-electron chi connectivity index (χ2n) is 3.17. The van der Waals surface area contributed by atoms with Crippen LogP contribution >= 0.6 is 11.9 Å². The lowest BCUT2D eigenvalue weighted by molar-refractivity contribution is -0.135. The summed E-state index contributed by atoms with van der Waals surface area (Å²) in [5.74, 6) is -0.376.